The van der Waals surface area contributed by atoms with Gasteiger partial charge in [0.05, 0.1) is 20.1 Å². The van der Waals surface area contributed by atoms with Gasteiger partial charge in [-0.15, -0.1) is 0 Å². The predicted molar refractivity (Wildman–Crippen MR) is 132 cm³/mol. The maximum Gasteiger partial charge on any atom is 0.339 e. The van der Waals surface area contributed by atoms with Gasteiger partial charge >= 0.3 is 29.8 Å². The highest BCUT2D eigenvalue weighted by molar-refractivity contribution is 5.87. The number of carbonyl (C=O) groups excluding carboxylic acids is 5. The number of methoxy groups -OCH3 is 2. The van der Waals surface area contributed by atoms with E-state index in [-0.39, 0.29) is 0 Å². The molecule has 0 aliphatic carbocycles. The molecule has 0 spiro atoms. The van der Waals surface area contributed by atoms with E-state index in [2.05, 4.69) is 0 Å². The van der Waals surface area contributed by atoms with E-state index in [9.17, 15) is 24.0 Å². The summed E-state index contributed by atoms with van der Waals surface area (Å²) in [4.78, 5) is 61.4. The molecule has 12 nitrogen and oxygen atoms in total. The van der Waals surface area contributed by atoms with E-state index in [1.807, 2.05) is 24.3 Å². The van der Waals surface area contributed by atoms with Gasteiger partial charge in [-0.05, 0) is 35.4 Å². The lowest BCUT2D eigenvalue weighted by molar-refractivity contribution is -0.294. The van der Waals surface area contributed by atoms with Crippen LogP contribution in [0.25, 0.3) is 10.8 Å². The van der Waals surface area contributed by atoms with Gasteiger partial charge in [0.1, 0.15) is 5.75 Å². The fourth-order valence-electron chi connectivity index (χ4n) is 4.17. The van der Waals surface area contributed by atoms with Gasteiger partial charge < -0.3 is 33.2 Å². The zero-order valence-electron chi connectivity index (χ0n) is 22.3. The van der Waals surface area contributed by atoms with E-state index in [1.54, 1.807) is 26.2 Å². The molecule has 2 aromatic carbocycles. The summed E-state index contributed by atoms with van der Waals surface area (Å²) in [6.45, 7) is 4.80. The van der Waals surface area contributed by atoms with Crippen molar-refractivity contribution in [3.63, 3.8) is 0 Å². The zero-order valence-corrected chi connectivity index (χ0v) is 22.3. The highest BCUT2D eigenvalue weighted by Gasteiger charge is 2.56. The second-order valence-electron chi connectivity index (χ2n) is 8.80. The lowest BCUT2D eigenvalue weighted by Crippen LogP contribution is -2.64. The number of esters is 5. The Hall–Kier alpha value is -4.19. The molecule has 0 unspecified atom stereocenters. The maximum absolute atomic E-state index is 13.2. The van der Waals surface area contributed by atoms with Crippen molar-refractivity contribution in [1.82, 2.24) is 0 Å². The minimum atomic E-state index is -1.71. The Balaban J connectivity index is 1.94. The molecule has 1 heterocycles. The quantitative estimate of drug-likeness (QED) is 0.353. The Morgan fingerprint density at radius 3 is 1.90 bits per heavy atom. The summed E-state index contributed by atoms with van der Waals surface area (Å²) < 4.78 is 37.0. The molecule has 0 saturated carbocycles. The minimum absolute atomic E-state index is 0.608. The number of carbonyl (C=O) groups is 5. The monoisotopic (exact) mass is 546 g/mol. The number of fused-ring (bicyclic) bond motifs is 1. The topological polar surface area (TPSA) is 150 Å². The Morgan fingerprint density at radius 1 is 0.744 bits per heavy atom. The van der Waals surface area contributed by atoms with Crippen LogP contribution in [0.1, 0.15) is 39.2 Å². The first-order valence-electron chi connectivity index (χ1n) is 12.0. The van der Waals surface area contributed by atoms with Crippen LogP contribution in [0.5, 0.6) is 5.75 Å². The van der Waals surface area contributed by atoms with Crippen molar-refractivity contribution in [3.8, 4) is 5.75 Å². The molecule has 6 atom stereocenters. The smallest absolute Gasteiger partial charge is 0.339 e. The summed E-state index contributed by atoms with van der Waals surface area (Å²) >= 11 is 0. The number of hydrogen-bond donors (Lipinski definition) is 0. The van der Waals surface area contributed by atoms with E-state index in [0.717, 1.165) is 38.7 Å². The molecule has 1 aliphatic heterocycles. The molecule has 0 bridgehead atoms. The summed E-state index contributed by atoms with van der Waals surface area (Å²) in [6.07, 6.45) is -8.07. The molecule has 1 fully saturated rings. The highest BCUT2D eigenvalue weighted by Crippen LogP contribution is 2.32. The molecule has 3 rings (SSSR count). The van der Waals surface area contributed by atoms with E-state index in [0.29, 0.717) is 11.3 Å². The van der Waals surface area contributed by atoms with Gasteiger partial charge in [0, 0.05) is 20.8 Å². The molecule has 0 aromatic heterocycles. The Labute approximate surface area is 224 Å². The van der Waals surface area contributed by atoms with Crippen molar-refractivity contribution >= 4 is 40.6 Å². The van der Waals surface area contributed by atoms with Crippen LogP contribution in [0.2, 0.25) is 0 Å². The van der Waals surface area contributed by atoms with Gasteiger partial charge in [0.2, 0.25) is 12.4 Å². The van der Waals surface area contributed by atoms with E-state index in [4.69, 9.17) is 33.2 Å². The third kappa shape index (κ3) is 7.02. The second kappa shape index (κ2) is 12.6. The Kier molecular flexibility index (Phi) is 9.47. The van der Waals surface area contributed by atoms with E-state index < -0.39 is 66.5 Å². The van der Waals surface area contributed by atoms with Crippen LogP contribution < -0.4 is 4.74 Å². The first kappa shape index (κ1) is 29.4. The average Bonchev–Trinajstić information content (AvgIpc) is 2.89. The van der Waals surface area contributed by atoms with Gasteiger partial charge in [-0.1, -0.05) is 24.3 Å². The van der Waals surface area contributed by atoms with Crippen LogP contribution in [0, 0.1) is 0 Å². The highest BCUT2D eigenvalue weighted by atomic mass is 16.7. The van der Waals surface area contributed by atoms with Crippen LogP contribution in [-0.2, 0) is 52.4 Å². The third-order valence-electron chi connectivity index (χ3n) is 5.99. The van der Waals surface area contributed by atoms with Crippen LogP contribution in [-0.4, -0.2) is 74.8 Å². The van der Waals surface area contributed by atoms with Crippen molar-refractivity contribution in [2.75, 3.05) is 14.2 Å². The molecule has 1 aliphatic rings. The molecule has 1 saturated heterocycles. The largest absolute Gasteiger partial charge is 0.497 e. The first-order valence-corrected chi connectivity index (χ1v) is 12.0. The first-order chi connectivity index (χ1) is 18.4. The van der Waals surface area contributed by atoms with E-state index in [1.165, 1.54) is 0 Å². The van der Waals surface area contributed by atoms with Crippen LogP contribution >= 0.6 is 0 Å². The molecule has 0 amide bonds. The van der Waals surface area contributed by atoms with Crippen LogP contribution in [0.15, 0.2) is 36.4 Å². The third-order valence-corrected chi connectivity index (χ3v) is 5.99. The van der Waals surface area contributed by atoms with Crippen molar-refractivity contribution in [3.05, 3.63) is 42.0 Å². The minimum Gasteiger partial charge on any atom is -0.497 e. The second-order valence-corrected chi connectivity index (χ2v) is 8.80. The zero-order chi connectivity index (χ0) is 28.9. The number of benzene rings is 2. The molecule has 2 aromatic rings. The molecule has 0 N–H and O–H groups in total. The van der Waals surface area contributed by atoms with Crippen molar-refractivity contribution in [1.29, 1.82) is 0 Å². The van der Waals surface area contributed by atoms with Crippen molar-refractivity contribution in [2.45, 2.75) is 64.3 Å². The molecule has 0 radical (unpaired) electrons. The Morgan fingerprint density at radius 2 is 1.31 bits per heavy atom. The fraction of sp³-hybridized carbons (Fsp3) is 0.444. The van der Waals surface area contributed by atoms with Gasteiger partial charge in [-0.2, -0.15) is 0 Å². The van der Waals surface area contributed by atoms with Gasteiger partial charge in [-0.3, -0.25) is 19.2 Å². The number of hydrogen-bond acceptors (Lipinski definition) is 12. The summed E-state index contributed by atoms with van der Waals surface area (Å²) in [5, 5.41) is 1.75. The van der Waals surface area contributed by atoms with Crippen LogP contribution in [0.4, 0.5) is 0 Å². The van der Waals surface area contributed by atoms with Crippen molar-refractivity contribution in [2.24, 2.45) is 0 Å². The van der Waals surface area contributed by atoms with E-state index >= 15 is 0 Å². The summed E-state index contributed by atoms with van der Waals surface area (Å²) in [6, 6.07) is 10.9. The van der Waals surface area contributed by atoms with Gasteiger partial charge in [-0.25, -0.2) is 4.79 Å². The Bertz CT molecular complexity index is 1250. The van der Waals surface area contributed by atoms with Gasteiger partial charge in [0.25, 0.3) is 0 Å². The predicted octanol–water partition coefficient (Wildman–Crippen LogP) is 2.19. The molecular formula is C27H30O12. The average molecular weight is 547 g/mol. The molecule has 12 heteroatoms. The summed E-state index contributed by atoms with van der Waals surface area (Å²) in [5.41, 5.74) is 0.608. The molecular weight excluding hydrogens is 516 g/mol. The summed E-state index contributed by atoms with van der Waals surface area (Å²) in [7, 11) is 2.63. The lowest BCUT2D eigenvalue weighted by atomic mass is 9.96. The lowest BCUT2D eigenvalue weighted by Gasteiger charge is -2.42. The summed E-state index contributed by atoms with van der Waals surface area (Å²) in [5.74, 6) is -4.45. The SMILES string of the molecule is COC(=O)[C@H]1O[C@@H](OC(=O)[C@@H](C)c2ccc3cc(OC)ccc3c2)[C@H](OC(C)=O)[C@@H](OC(C)=O)[C@@H]1OC(C)=O. The fourth-order valence-corrected chi connectivity index (χ4v) is 4.17. The standard InChI is InChI=1S/C27H30O12/c1-13(17-7-8-19-12-20(33-5)10-9-18(19)11-17)25(31)39-27-24(37-16(4)30)22(36-15(3)29)21(35-14(2)28)23(38-27)26(32)34-6/h7-13,21-24,27H,1-6H3/t13-,21-,22-,23-,24+,27-/m0/s1. The number of ether oxygens (including phenoxy) is 7. The van der Waals surface area contributed by atoms with Crippen LogP contribution in [0.3, 0.4) is 0 Å². The normalized spacial score (nSPS) is 23.2. The van der Waals surface area contributed by atoms with Crippen molar-refractivity contribution < 1.29 is 57.1 Å². The molecule has 39 heavy (non-hydrogen) atoms. The maximum atomic E-state index is 13.2. The van der Waals surface area contributed by atoms with Gasteiger partial charge in [0.15, 0.2) is 18.3 Å². The molecule has 210 valence electrons. The number of rotatable bonds is 8.